The standard InChI is InChI=1S/C29H30F3N7O/c1-16(2)39-14-23(29(30,31)32)36-27(39)20-6-4-17(5-7-20)13-33-22-12-21(37-38-25(22)18-8-9-18)24-26(19-10-11-19)34-15-35-28(24)40-3/h4-7,12,14-16,18-19H,8-11,13H2,1-3H3,(H,33,37). The number of hydrogen-bond acceptors (Lipinski definition) is 7. The lowest BCUT2D eigenvalue weighted by molar-refractivity contribution is -0.140. The van der Waals surface area contributed by atoms with Crippen molar-refractivity contribution < 1.29 is 17.9 Å². The Morgan fingerprint density at radius 2 is 1.70 bits per heavy atom. The minimum Gasteiger partial charge on any atom is -0.480 e. The molecule has 1 aromatic carbocycles. The number of methoxy groups -OCH3 is 1. The van der Waals surface area contributed by atoms with Gasteiger partial charge < -0.3 is 14.6 Å². The average molecular weight is 550 g/mol. The molecule has 1 N–H and O–H groups in total. The van der Waals surface area contributed by atoms with Crippen molar-refractivity contribution in [2.45, 2.75) is 70.1 Å². The molecule has 0 radical (unpaired) electrons. The maximum absolute atomic E-state index is 13.3. The number of alkyl halides is 3. The van der Waals surface area contributed by atoms with Crippen LogP contribution in [0.5, 0.6) is 5.88 Å². The molecule has 11 heteroatoms. The second-order valence-electron chi connectivity index (χ2n) is 10.7. The van der Waals surface area contributed by atoms with Crippen molar-refractivity contribution in [3.8, 4) is 28.5 Å². The monoisotopic (exact) mass is 549 g/mol. The van der Waals surface area contributed by atoms with Crippen LogP contribution in [-0.4, -0.2) is 36.8 Å². The second kappa shape index (κ2) is 10.2. The molecule has 4 aromatic rings. The highest BCUT2D eigenvalue weighted by Gasteiger charge is 2.35. The molecule has 2 aliphatic carbocycles. The summed E-state index contributed by atoms with van der Waals surface area (Å²) < 4.78 is 47.1. The first kappa shape index (κ1) is 26.2. The van der Waals surface area contributed by atoms with E-state index < -0.39 is 11.9 Å². The van der Waals surface area contributed by atoms with Crippen molar-refractivity contribution in [1.29, 1.82) is 0 Å². The molecule has 2 aliphatic rings. The fourth-order valence-electron chi connectivity index (χ4n) is 4.87. The minimum absolute atomic E-state index is 0.164. The molecule has 0 amide bonds. The lowest BCUT2D eigenvalue weighted by Gasteiger charge is -2.15. The lowest BCUT2D eigenvalue weighted by atomic mass is 10.1. The van der Waals surface area contributed by atoms with Gasteiger partial charge in [0.2, 0.25) is 5.88 Å². The van der Waals surface area contributed by atoms with Gasteiger partial charge in [0.1, 0.15) is 17.8 Å². The average Bonchev–Trinajstić information content (AvgIpc) is 3.88. The van der Waals surface area contributed by atoms with Crippen molar-refractivity contribution >= 4 is 5.69 Å². The zero-order valence-electron chi connectivity index (χ0n) is 22.5. The SMILES string of the molecule is COc1ncnc(C2CC2)c1-c1cc(NCc2ccc(-c3nc(C(F)(F)F)cn3C(C)C)cc2)c(C2CC2)nn1. The number of rotatable bonds is 9. The Kier molecular flexibility index (Phi) is 6.67. The molecule has 6 rings (SSSR count). The first-order valence-corrected chi connectivity index (χ1v) is 13.5. The molecule has 3 heterocycles. The van der Waals surface area contributed by atoms with Crippen LogP contribution in [0.1, 0.15) is 80.1 Å². The number of nitrogens with zero attached hydrogens (tertiary/aromatic N) is 6. The van der Waals surface area contributed by atoms with E-state index >= 15 is 0 Å². The molecule has 3 aromatic heterocycles. The molecule has 0 saturated heterocycles. The Labute approximate surface area is 230 Å². The fraction of sp³-hybridized carbons (Fsp3) is 0.414. The number of anilines is 1. The summed E-state index contributed by atoms with van der Waals surface area (Å²) in [4.78, 5) is 12.7. The summed E-state index contributed by atoms with van der Waals surface area (Å²) >= 11 is 0. The molecule has 0 atom stereocenters. The number of imidazole rings is 1. The number of benzene rings is 1. The topological polar surface area (TPSA) is 90.6 Å². The fourth-order valence-corrected chi connectivity index (χ4v) is 4.87. The van der Waals surface area contributed by atoms with Gasteiger partial charge in [0.25, 0.3) is 0 Å². The van der Waals surface area contributed by atoms with Crippen LogP contribution in [0.3, 0.4) is 0 Å². The van der Waals surface area contributed by atoms with Gasteiger partial charge in [-0.2, -0.15) is 18.3 Å². The van der Waals surface area contributed by atoms with Gasteiger partial charge in [-0.15, -0.1) is 5.10 Å². The summed E-state index contributed by atoms with van der Waals surface area (Å²) in [6, 6.07) is 9.26. The van der Waals surface area contributed by atoms with E-state index in [-0.39, 0.29) is 6.04 Å². The van der Waals surface area contributed by atoms with Gasteiger partial charge in [-0.1, -0.05) is 24.3 Å². The van der Waals surface area contributed by atoms with Gasteiger partial charge in [0.15, 0.2) is 5.69 Å². The van der Waals surface area contributed by atoms with E-state index in [9.17, 15) is 13.2 Å². The Morgan fingerprint density at radius 3 is 2.33 bits per heavy atom. The predicted octanol–water partition coefficient (Wildman–Crippen LogP) is 6.77. The van der Waals surface area contributed by atoms with E-state index in [1.807, 2.05) is 44.2 Å². The quantitative estimate of drug-likeness (QED) is 0.246. The van der Waals surface area contributed by atoms with Gasteiger partial charge in [0, 0.05) is 36.2 Å². The maximum Gasteiger partial charge on any atom is 0.434 e. The third-order valence-corrected chi connectivity index (χ3v) is 7.32. The van der Waals surface area contributed by atoms with Crippen LogP contribution >= 0.6 is 0 Å². The predicted molar refractivity (Wildman–Crippen MR) is 144 cm³/mol. The third kappa shape index (κ3) is 5.24. The molecule has 0 aliphatic heterocycles. The van der Waals surface area contributed by atoms with E-state index in [0.29, 0.717) is 41.3 Å². The Morgan fingerprint density at radius 1 is 1.00 bits per heavy atom. The molecule has 8 nitrogen and oxygen atoms in total. The lowest BCUT2D eigenvalue weighted by Crippen LogP contribution is -2.07. The van der Waals surface area contributed by atoms with E-state index in [0.717, 1.165) is 60.1 Å². The third-order valence-electron chi connectivity index (χ3n) is 7.32. The molecule has 2 saturated carbocycles. The van der Waals surface area contributed by atoms with Crippen LogP contribution in [-0.2, 0) is 12.7 Å². The van der Waals surface area contributed by atoms with Gasteiger partial charge in [-0.3, -0.25) is 0 Å². The molecular weight excluding hydrogens is 519 g/mol. The van der Waals surface area contributed by atoms with Gasteiger partial charge in [0.05, 0.1) is 29.7 Å². The first-order valence-electron chi connectivity index (χ1n) is 13.5. The highest BCUT2D eigenvalue weighted by atomic mass is 19.4. The number of halogens is 3. The summed E-state index contributed by atoms with van der Waals surface area (Å²) in [6.45, 7) is 4.18. The summed E-state index contributed by atoms with van der Waals surface area (Å²) in [5.41, 5.74) is 4.94. The van der Waals surface area contributed by atoms with Gasteiger partial charge >= 0.3 is 6.18 Å². The van der Waals surface area contributed by atoms with Gasteiger partial charge in [-0.05, 0) is 51.2 Å². The Balaban J connectivity index is 1.26. The van der Waals surface area contributed by atoms with Crippen LogP contribution in [0.25, 0.3) is 22.6 Å². The van der Waals surface area contributed by atoms with Gasteiger partial charge in [-0.25, -0.2) is 15.0 Å². The smallest absolute Gasteiger partial charge is 0.434 e. The Bertz CT molecular complexity index is 1520. The molecule has 0 spiro atoms. The highest BCUT2D eigenvalue weighted by Crippen LogP contribution is 2.47. The van der Waals surface area contributed by atoms with Crippen LogP contribution in [0, 0.1) is 0 Å². The minimum atomic E-state index is -4.50. The van der Waals surface area contributed by atoms with E-state index in [1.54, 1.807) is 11.7 Å². The maximum atomic E-state index is 13.3. The van der Waals surface area contributed by atoms with Crippen LogP contribution in [0.15, 0.2) is 42.9 Å². The Hall–Kier alpha value is -4.02. The molecule has 0 bridgehead atoms. The van der Waals surface area contributed by atoms with Crippen LogP contribution < -0.4 is 10.1 Å². The number of ether oxygens (including phenoxy) is 1. The zero-order chi connectivity index (χ0) is 28.0. The highest BCUT2D eigenvalue weighted by molar-refractivity contribution is 5.72. The molecule has 208 valence electrons. The molecule has 2 fully saturated rings. The number of hydrogen-bond donors (Lipinski definition) is 1. The zero-order valence-corrected chi connectivity index (χ0v) is 22.5. The van der Waals surface area contributed by atoms with E-state index in [1.165, 1.54) is 6.33 Å². The number of nitrogens with one attached hydrogen (secondary N) is 1. The van der Waals surface area contributed by atoms with Crippen molar-refractivity contribution in [2.24, 2.45) is 0 Å². The van der Waals surface area contributed by atoms with Crippen molar-refractivity contribution in [2.75, 3.05) is 12.4 Å². The summed E-state index contributed by atoms with van der Waals surface area (Å²) in [7, 11) is 1.59. The van der Waals surface area contributed by atoms with E-state index in [2.05, 4.69) is 30.5 Å². The normalized spacial score (nSPS) is 15.5. The van der Waals surface area contributed by atoms with Crippen molar-refractivity contribution in [1.82, 2.24) is 29.7 Å². The van der Waals surface area contributed by atoms with Crippen molar-refractivity contribution in [3.63, 3.8) is 0 Å². The second-order valence-corrected chi connectivity index (χ2v) is 10.7. The summed E-state index contributed by atoms with van der Waals surface area (Å²) in [5, 5.41) is 12.7. The largest absolute Gasteiger partial charge is 0.480 e. The van der Waals surface area contributed by atoms with Crippen LogP contribution in [0.2, 0.25) is 0 Å². The molecular formula is C29H30F3N7O. The number of aromatic nitrogens is 6. The molecule has 0 unspecified atom stereocenters. The molecule has 40 heavy (non-hydrogen) atoms. The first-order chi connectivity index (χ1) is 19.2. The van der Waals surface area contributed by atoms with E-state index in [4.69, 9.17) is 4.74 Å². The van der Waals surface area contributed by atoms with Crippen LogP contribution in [0.4, 0.5) is 18.9 Å². The summed E-state index contributed by atoms with van der Waals surface area (Å²) in [6.07, 6.45) is 2.42. The van der Waals surface area contributed by atoms with Crippen molar-refractivity contribution in [3.05, 3.63) is 65.5 Å². The summed E-state index contributed by atoms with van der Waals surface area (Å²) in [5.74, 6) is 1.54.